The Hall–Kier alpha value is -2.40. The molecule has 1 aliphatic rings. The van der Waals surface area contributed by atoms with Gasteiger partial charge in [0.2, 0.25) is 5.91 Å². The topological polar surface area (TPSA) is 32.8 Å². The SMILES string of the molecule is COc1cccc(N2CCN(C(=O)/C=C/Sc3ccccc3)CC2)c1. The van der Waals surface area contributed by atoms with Crippen LogP contribution in [0.4, 0.5) is 5.69 Å². The average molecular weight is 354 g/mol. The predicted octanol–water partition coefficient (Wildman–Crippen LogP) is 3.65. The maximum absolute atomic E-state index is 12.3. The standard InChI is InChI=1S/C20H22N2O2S/c1-24-18-7-5-6-17(16-18)21-11-13-22(14-12-21)20(23)10-15-25-19-8-3-2-4-9-19/h2-10,15-16H,11-14H2,1H3/b15-10+. The molecule has 2 aromatic carbocycles. The van der Waals surface area contributed by atoms with Crippen molar-refractivity contribution in [1.29, 1.82) is 0 Å². The first-order valence-electron chi connectivity index (χ1n) is 8.32. The van der Waals surface area contributed by atoms with Crippen LogP contribution in [0.5, 0.6) is 5.75 Å². The van der Waals surface area contributed by atoms with Gasteiger partial charge in [-0.1, -0.05) is 36.0 Å². The lowest BCUT2D eigenvalue weighted by molar-refractivity contribution is -0.126. The van der Waals surface area contributed by atoms with E-state index in [1.54, 1.807) is 24.9 Å². The minimum atomic E-state index is 0.0775. The molecule has 1 heterocycles. The maximum atomic E-state index is 12.3. The summed E-state index contributed by atoms with van der Waals surface area (Å²) in [4.78, 5) is 17.6. The summed E-state index contributed by atoms with van der Waals surface area (Å²) in [5.74, 6) is 0.936. The molecule has 25 heavy (non-hydrogen) atoms. The van der Waals surface area contributed by atoms with E-state index >= 15 is 0 Å². The second kappa shape index (κ2) is 8.62. The number of nitrogens with zero attached hydrogens (tertiary/aromatic N) is 2. The van der Waals surface area contributed by atoms with Crippen LogP contribution >= 0.6 is 11.8 Å². The Morgan fingerprint density at radius 1 is 1.04 bits per heavy atom. The third-order valence-electron chi connectivity index (χ3n) is 4.17. The van der Waals surface area contributed by atoms with E-state index in [0.717, 1.165) is 42.5 Å². The fourth-order valence-electron chi connectivity index (χ4n) is 2.77. The van der Waals surface area contributed by atoms with Crippen LogP contribution in [-0.4, -0.2) is 44.1 Å². The van der Waals surface area contributed by atoms with Gasteiger partial charge in [0, 0.05) is 48.9 Å². The van der Waals surface area contributed by atoms with E-state index in [0.29, 0.717) is 0 Å². The Kier molecular flexibility index (Phi) is 6.01. The van der Waals surface area contributed by atoms with E-state index in [9.17, 15) is 4.79 Å². The van der Waals surface area contributed by atoms with E-state index in [2.05, 4.69) is 11.0 Å². The second-order valence-corrected chi connectivity index (χ2v) is 6.73. The van der Waals surface area contributed by atoms with Gasteiger partial charge in [-0.25, -0.2) is 0 Å². The molecule has 0 radical (unpaired) electrons. The first-order valence-corrected chi connectivity index (χ1v) is 9.20. The summed E-state index contributed by atoms with van der Waals surface area (Å²) >= 11 is 1.56. The molecule has 4 nitrogen and oxygen atoms in total. The molecule has 0 bridgehead atoms. The van der Waals surface area contributed by atoms with E-state index in [-0.39, 0.29) is 5.91 Å². The molecule has 0 unspecified atom stereocenters. The lowest BCUT2D eigenvalue weighted by Gasteiger charge is -2.35. The van der Waals surface area contributed by atoms with Crippen molar-refractivity contribution < 1.29 is 9.53 Å². The summed E-state index contributed by atoms with van der Waals surface area (Å²) in [6.07, 6.45) is 1.67. The number of amides is 1. The zero-order valence-corrected chi connectivity index (χ0v) is 15.1. The molecule has 0 atom stereocenters. The van der Waals surface area contributed by atoms with Gasteiger partial charge in [-0.2, -0.15) is 0 Å². The van der Waals surface area contributed by atoms with E-state index in [1.807, 2.05) is 58.8 Å². The lowest BCUT2D eigenvalue weighted by Crippen LogP contribution is -2.48. The maximum Gasteiger partial charge on any atom is 0.247 e. The first kappa shape index (κ1) is 17.4. The number of thioether (sulfide) groups is 1. The number of hydrogen-bond donors (Lipinski definition) is 0. The molecule has 1 fully saturated rings. The van der Waals surface area contributed by atoms with Crippen molar-refractivity contribution in [3.63, 3.8) is 0 Å². The van der Waals surface area contributed by atoms with Gasteiger partial charge >= 0.3 is 0 Å². The van der Waals surface area contributed by atoms with Crippen molar-refractivity contribution in [3.8, 4) is 5.75 Å². The molecular formula is C20H22N2O2S. The quantitative estimate of drug-likeness (QED) is 0.606. The summed E-state index contributed by atoms with van der Waals surface area (Å²) in [6, 6.07) is 18.1. The zero-order valence-electron chi connectivity index (χ0n) is 14.3. The number of rotatable bonds is 5. The number of carbonyl (C=O) groups is 1. The lowest BCUT2D eigenvalue weighted by atomic mass is 10.2. The van der Waals surface area contributed by atoms with E-state index in [4.69, 9.17) is 4.74 Å². The van der Waals surface area contributed by atoms with E-state index < -0.39 is 0 Å². The van der Waals surface area contributed by atoms with Crippen LogP contribution < -0.4 is 9.64 Å². The molecule has 0 aromatic heterocycles. The van der Waals surface area contributed by atoms with Crippen LogP contribution in [0.25, 0.3) is 0 Å². The number of carbonyl (C=O) groups excluding carboxylic acids is 1. The predicted molar refractivity (Wildman–Crippen MR) is 103 cm³/mol. The van der Waals surface area contributed by atoms with Gasteiger partial charge in [0.05, 0.1) is 7.11 Å². The minimum Gasteiger partial charge on any atom is -0.497 e. The molecule has 5 heteroatoms. The van der Waals surface area contributed by atoms with Gasteiger partial charge < -0.3 is 14.5 Å². The van der Waals surface area contributed by atoms with Crippen LogP contribution in [0.15, 0.2) is 71.0 Å². The highest BCUT2D eigenvalue weighted by atomic mass is 32.2. The van der Waals surface area contributed by atoms with Gasteiger partial charge in [0.25, 0.3) is 0 Å². The summed E-state index contributed by atoms with van der Waals surface area (Å²) in [5, 5.41) is 1.87. The highest BCUT2D eigenvalue weighted by Gasteiger charge is 2.20. The fourth-order valence-corrected chi connectivity index (χ4v) is 3.42. The molecule has 0 saturated carbocycles. The number of methoxy groups -OCH3 is 1. The molecular weight excluding hydrogens is 332 g/mol. The molecule has 1 saturated heterocycles. The summed E-state index contributed by atoms with van der Waals surface area (Å²) in [7, 11) is 1.68. The van der Waals surface area contributed by atoms with Gasteiger partial charge in [-0.05, 0) is 29.7 Å². The largest absolute Gasteiger partial charge is 0.497 e. The second-order valence-electron chi connectivity index (χ2n) is 5.75. The Bertz CT molecular complexity index is 725. The Morgan fingerprint density at radius 2 is 1.80 bits per heavy atom. The molecule has 0 spiro atoms. The number of ether oxygens (including phenoxy) is 1. The normalized spacial score (nSPS) is 14.8. The summed E-state index contributed by atoms with van der Waals surface area (Å²) in [6.45, 7) is 3.13. The molecule has 130 valence electrons. The minimum absolute atomic E-state index is 0.0775. The van der Waals surface area contributed by atoms with Crippen LogP contribution in [-0.2, 0) is 4.79 Å². The van der Waals surface area contributed by atoms with E-state index in [1.165, 1.54) is 0 Å². The van der Waals surface area contributed by atoms with Gasteiger partial charge in [-0.15, -0.1) is 0 Å². The molecule has 2 aromatic rings. The van der Waals surface area contributed by atoms with Crippen LogP contribution in [0.3, 0.4) is 0 Å². The monoisotopic (exact) mass is 354 g/mol. The molecule has 0 aliphatic carbocycles. The summed E-state index contributed by atoms with van der Waals surface area (Å²) < 4.78 is 5.28. The van der Waals surface area contributed by atoms with Gasteiger partial charge in [0.1, 0.15) is 5.75 Å². The number of anilines is 1. The van der Waals surface area contributed by atoms with Crippen molar-refractivity contribution in [1.82, 2.24) is 4.90 Å². The van der Waals surface area contributed by atoms with Crippen LogP contribution in [0.2, 0.25) is 0 Å². The third kappa shape index (κ3) is 4.79. The van der Waals surface area contributed by atoms with Crippen molar-refractivity contribution in [2.75, 3.05) is 38.2 Å². The highest BCUT2D eigenvalue weighted by Crippen LogP contribution is 2.22. The molecule has 1 aliphatic heterocycles. The summed E-state index contributed by atoms with van der Waals surface area (Å²) in [5.41, 5.74) is 1.14. The van der Waals surface area contributed by atoms with Gasteiger partial charge in [-0.3, -0.25) is 4.79 Å². The Labute approximate surface area is 153 Å². The Morgan fingerprint density at radius 3 is 2.52 bits per heavy atom. The van der Waals surface area contributed by atoms with Gasteiger partial charge in [0.15, 0.2) is 0 Å². The average Bonchev–Trinajstić information content (AvgIpc) is 2.69. The first-order chi connectivity index (χ1) is 12.3. The number of piperazine rings is 1. The molecule has 3 rings (SSSR count). The smallest absolute Gasteiger partial charge is 0.247 e. The van der Waals surface area contributed by atoms with Crippen LogP contribution in [0, 0.1) is 0 Å². The zero-order chi connectivity index (χ0) is 17.5. The van der Waals surface area contributed by atoms with Crippen molar-refractivity contribution in [2.45, 2.75) is 4.90 Å². The van der Waals surface area contributed by atoms with Crippen molar-refractivity contribution in [2.24, 2.45) is 0 Å². The van der Waals surface area contributed by atoms with Crippen molar-refractivity contribution >= 4 is 23.4 Å². The molecule has 0 N–H and O–H groups in total. The molecule has 1 amide bonds. The number of benzene rings is 2. The third-order valence-corrected chi connectivity index (χ3v) is 4.98. The Balaban J connectivity index is 1.50. The van der Waals surface area contributed by atoms with Crippen LogP contribution in [0.1, 0.15) is 0 Å². The van der Waals surface area contributed by atoms with Crippen molar-refractivity contribution in [3.05, 3.63) is 66.1 Å². The number of hydrogen-bond acceptors (Lipinski definition) is 4. The highest BCUT2D eigenvalue weighted by molar-refractivity contribution is 8.02. The fraction of sp³-hybridized carbons (Fsp3) is 0.250.